The van der Waals surface area contributed by atoms with Crippen LogP contribution in [0, 0.1) is 0 Å². The van der Waals surface area contributed by atoms with Crippen molar-refractivity contribution in [1.29, 1.82) is 0 Å². The first kappa shape index (κ1) is 14.0. The van der Waals surface area contributed by atoms with Crippen molar-refractivity contribution in [2.24, 2.45) is 0 Å². The van der Waals surface area contributed by atoms with Gasteiger partial charge >= 0.3 is 0 Å². The SMILES string of the molecule is C=C(C)c1cccc(CN2CCOCC2)c1/C=C\C. The lowest BCUT2D eigenvalue weighted by Gasteiger charge is -2.27. The van der Waals surface area contributed by atoms with Crippen molar-refractivity contribution in [2.45, 2.75) is 20.4 Å². The van der Waals surface area contributed by atoms with E-state index in [0.29, 0.717) is 0 Å². The Balaban J connectivity index is 2.27. The quantitative estimate of drug-likeness (QED) is 0.817. The van der Waals surface area contributed by atoms with Gasteiger partial charge in [-0.15, -0.1) is 0 Å². The Hall–Kier alpha value is -1.38. The van der Waals surface area contributed by atoms with Crippen molar-refractivity contribution < 1.29 is 4.74 Å². The predicted molar refractivity (Wildman–Crippen MR) is 82.0 cm³/mol. The van der Waals surface area contributed by atoms with E-state index in [4.69, 9.17) is 4.74 Å². The summed E-state index contributed by atoms with van der Waals surface area (Å²) >= 11 is 0. The van der Waals surface area contributed by atoms with Gasteiger partial charge in [-0.05, 0) is 30.5 Å². The molecule has 0 aromatic heterocycles. The molecule has 0 radical (unpaired) electrons. The van der Waals surface area contributed by atoms with Gasteiger partial charge in [-0.1, -0.05) is 42.5 Å². The molecule has 1 heterocycles. The zero-order valence-corrected chi connectivity index (χ0v) is 12.0. The molecule has 1 aliphatic rings. The van der Waals surface area contributed by atoms with Crippen LogP contribution in [0.15, 0.2) is 30.9 Å². The van der Waals surface area contributed by atoms with E-state index in [1.807, 2.05) is 0 Å². The summed E-state index contributed by atoms with van der Waals surface area (Å²) in [7, 11) is 0. The van der Waals surface area contributed by atoms with Crippen LogP contribution >= 0.6 is 0 Å². The summed E-state index contributed by atoms with van der Waals surface area (Å²) in [6, 6.07) is 6.50. The molecule has 1 saturated heterocycles. The van der Waals surface area contributed by atoms with Gasteiger partial charge < -0.3 is 4.74 Å². The second kappa shape index (κ2) is 6.69. The lowest BCUT2D eigenvalue weighted by Crippen LogP contribution is -2.35. The van der Waals surface area contributed by atoms with Crippen LogP contribution in [-0.4, -0.2) is 31.2 Å². The normalized spacial score (nSPS) is 16.9. The number of morpholine rings is 1. The second-order valence-electron chi connectivity index (χ2n) is 5.05. The van der Waals surface area contributed by atoms with Gasteiger partial charge in [0.2, 0.25) is 0 Å². The van der Waals surface area contributed by atoms with Crippen molar-refractivity contribution >= 4 is 11.6 Å². The second-order valence-corrected chi connectivity index (χ2v) is 5.05. The summed E-state index contributed by atoms with van der Waals surface area (Å²) in [6.07, 6.45) is 4.30. The first-order valence-electron chi connectivity index (χ1n) is 6.93. The maximum Gasteiger partial charge on any atom is 0.0594 e. The van der Waals surface area contributed by atoms with Crippen molar-refractivity contribution in [3.05, 3.63) is 47.5 Å². The lowest BCUT2D eigenvalue weighted by molar-refractivity contribution is 0.0341. The molecule has 1 aromatic rings. The molecule has 102 valence electrons. The van der Waals surface area contributed by atoms with Crippen LogP contribution in [0.4, 0.5) is 0 Å². The van der Waals surface area contributed by atoms with Gasteiger partial charge in [0.15, 0.2) is 0 Å². The Morgan fingerprint density at radius 1 is 1.37 bits per heavy atom. The number of ether oxygens (including phenoxy) is 1. The Morgan fingerprint density at radius 2 is 2.11 bits per heavy atom. The maximum atomic E-state index is 5.41. The summed E-state index contributed by atoms with van der Waals surface area (Å²) < 4.78 is 5.41. The molecule has 1 aromatic carbocycles. The Morgan fingerprint density at radius 3 is 2.74 bits per heavy atom. The first-order valence-corrected chi connectivity index (χ1v) is 6.93. The van der Waals surface area contributed by atoms with E-state index < -0.39 is 0 Å². The zero-order chi connectivity index (χ0) is 13.7. The Bertz CT molecular complexity index is 470. The Labute approximate surface area is 116 Å². The number of nitrogens with zero attached hydrogens (tertiary/aromatic N) is 1. The minimum absolute atomic E-state index is 0.846. The Kier molecular flexibility index (Phi) is 4.94. The van der Waals surface area contributed by atoms with E-state index in [1.54, 1.807) is 0 Å². The number of benzene rings is 1. The van der Waals surface area contributed by atoms with Gasteiger partial charge in [0.05, 0.1) is 13.2 Å². The van der Waals surface area contributed by atoms with Crippen molar-refractivity contribution in [2.75, 3.05) is 26.3 Å². The van der Waals surface area contributed by atoms with Crippen LogP contribution in [-0.2, 0) is 11.3 Å². The maximum absolute atomic E-state index is 5.41. The highest BCUT2D eigenvalue weighted by atomic mass is 16.5. The number of allylic oxidation sites excluding steroid dienone is 2. The predicted octanol–water partition coefficient (Wildman–Crippen LogP) is 3.59. The van der Waals surface area contributed by atoms with E-state index in [9.17, 15) is 0 Å². The van der Waals surface area contributed by atoms with E-state index in [2.05, 4.69) is 55.7 Å². The third-order valence-electron chi connectivity index (χ3n) is 3.49. The minimum Gasteiger partial charge on any atom is -0.379 e. The fraction of sp³-hybridized carbons (Fsp3) is 0.412. The fourth-order valence-electron chi connectivity index (χ4n) is 2.49. The summed E-state index contributed by atoms with van der Waals surface area (Å²) in [5.41, 5.74) is 5.06. The molecule has 0 spiro atoms. The largest absolute Gasteiger partial charge is 0.379 e. The molecule has 0 amide bonds. The zero-order valence-electron chi connectivity index (χ0n) is 12.0. The fourth-order valence-corrected chi connectivity index (χ4v) is 2.49. The molecule has 0 N–H and O–H groups in total. The van der Waals surface area contributed by atoms with E-state index in [1.165, 1.54) is 16.7 Å². The average molecular weight is 257 g/mol. The summed E-state index contributed by atoms with van der Waals surface area (Å²) in [5, 5.41) is 0. The highest BCUT2D eigenvalue weighted by Crippen LogP contribution is 2.24. The van der Waals surface area contributed by atoms with Crippen molar-refractivity contribution in [1.82, 2.24) is 4.90 Å². The lowest BCUT2D eigenvalue weighted by atomic mass is 9.96. The number of hydrogen-bond donors (Lipinski definition) is 0. The molecular formula is C17H23NO. The van der Waals surface area contributed by atoms with E-state index in [-0.39, 0.29) is 0 Å². The van der Waals surface area contributed by atoms with Gasteiger partial charge in [0.1, 0.15) is 0 Å². The van der Waals surface area contributed by atoms with Crippen LogP contribution in [0.5, 0.6) is 0 Å². The van der Waals surface area contributed by atoms with Crippen LogP contribution in [0.1, 0.15) is 30.5 Å². The number of rotatable bonds is 4. The van der Waals surface area contributed by atoms with Crippen LogP contribution in [0.25, 0.3) is 11.6 Å². The summed E-state index contributed by atoms with van der Waals surface area (Å²) in [6.45, 7) is 12.9. The minimum atomic E-state index is 0.846. The summed E-state index contributed by atoms with van der Waals surface area (Å²) in [5.74, 6) is 0. The van der Waals surface area contributed by atoms with Gasteiger partial charge in [0.25, 0.3) is 0 Å². The molecule has 0 unspecified atom stereocenters. The van der Waals surface area contributed by atoms with Crippen molar-refractivity contribution in [3.63, 3.8) is 0 Å². The highest BCUT2D eigenvalue weighted by Gasteiger charge is 2.13. The molecular weight excluding hydrogens is 234 g/mol. The van der Waals surface area contributed by atoms with E-state index >= 15 is 0 Å². The van der Waals surface area contributed by atoms with Crippen LogP contribution < -0.4 is 0 Å². The van der Waals surface area contributed by atoms with E-state index in [0.717, 1.165) is 38.4 Å². The topological polar surface area (TPSA) is 12.5 Å². The van der Waals surface area contributed by atoms with Gasteiger partial charge in [-0.2, -0.15) is 0 Å². The molecule has 0 saturated carbocycles. The molecule has 0 bridgehead atoms. The summed E-state index contributed by atoms with van der Waals surface area (Å²) in [4.78, 5) is 2.45. The first-order chi connectivity index (χ1) is 9.22. The molecule has 2 nitrogen and oxygen atoms in total. The van der Waals surface area contributed by atoms with Crippen molar-refractivity contribution in [3.8, 4) is 0 Å². The number of hydrogen-bond acceptors (Lipinski definition) is 2. The standard InChI is InChI=1S/C17H23NO/c1-4-6-17-15(7-5-8-16(17)14(2)3)13-18-9-11-19-12-10-18/h4-8H,2,9-13H2,1,3H3/b6-4-. The third-order valence-corrected chi connectivity index (χ3v) is 3.49. The molecule has 1 aliphatic heterocycles. The highest BCUT2D eigenvalue weighted by molar-refractivity contribution is 5.73. The average Bonchev–Trinajstić information content (AvgIpc) is 2.42. The van der Waals surface area contributed by atoms with Crippen LogP contribution in [0.2, 0.25) is 0 Å². The van der Waals surface area contributed by atoms with Gasteiger partial charge in [-0.25, -0.2) is 0 Å². The molecule has 0 atom stereocenters. The van der Waals surface area contributed by atoms with Gasteiger partial charge in [0, 0.05) is 19.6 Å². The van der Waals surface area contributed by atoms with Crippen LogP contribution in [0.3, 0.4) is 0 Å². The molecule has 2 rings (SSSR count). The van der Waals surface area contributed by atoms with Gasteiger partial charge in [-0.3, -0.25) is 4.90 Å². The monoisotopic (exact) mass is 257 g/mol. The third kappa shape index (κ3) is 3.55. The molecule has 19 heavy (non-hydrogen) atoms. The molecule has 0 aliphatic carbocycles. The smallest absolute Gasteiger partial charge is 0.0594 e. The molecule has 1 fully saturated rings. The molecule has 2 heteroatoms.